The van der Waals surface area contributed by atoms with E-state index in [0.29, 0.717) is 31.2 Å². The summed E-state index contributed by atoms with van der Waals surface area (Å²) in [5.41, 5.74) is 0.933. The van der Waals surface area contributed by atoms with Gasteiger partial charge in [0.05, 0.1) is 28.0 Å². The second-order valence-corrected chi connectivity index (χ2v) is 8.08. The molecule has 0 radical (unpaired) electrons. The number of aryl methyl sites for hydroxylation is 1. The molecule has 28 heavy (non-hydrogen) atoms. The van der Waals surface area contributed by atoms with E-state index in [1.165, 1.54) is 33.6 Å². The van der Waals surface area contributed by atoms with Gasteiger partial charge in [0.25, 0.3) is 11.5 Å². The SMILES string of the molecule is Cc1c(C(=O)Nc2ccccc2)sc2ncn(CC(=O)c3cccs3)c(=O)c12. The van der Waals surface area contributed by atoms with Crippen LogP contribution in [0.3, 0.4) is 0 Å². The molecule has 1 N–H and O–H groups in total. The number of ketones is 1. The lowest BCUT2D eigenvalue weighted by Gasteiger charge is -2.04. The summed E-state index contributed by atoms with van der Waals surface area (Å²) in [6.45, 7) is 1.65. The Bertz CT molecular complexity index is 1230. The molecule has 0 atom stereocenters. The van der Waals surface area contributed by atoms with Gasteiger partial charge in [-0.2, -0.15) is 0 Å². The lowest BCUT2D eigenvalue weighted by molar-refractivity contribution is 0.0973. The van der Waals surface area contributed by atoms with E-state index in [-0.39, 0.29) is 23.8 Å². The third-order valence-corrected chi connectivity index (χ3v) is 6.37. The summed E-state index contributed by atoms with van der Waals surface area (Å²) in [6.07, 6.45) is 1.37. The van der Waals surface area contributed by atoms with Crippen molar-refractivity contribution in [2.24, 2.45) is 0 Å². The fraction of sp³-hybridized carbons (Fsp3) is 0.100. The third-order valence-electron chi connectivity index (χ3n) is 4.27. The number of fused-ring (bicyclic) bond motifs is 1. The molecular formula is C20H15N3O3S2. The summed E-state index contributed by atoms with van der Waals surface area (Å²) in [6, 6.07) is 12.6. The molecule has 4 rings (SSSR count). The van der Waals surface area contributed by atoms with E-state index in [1.54, 1.807) is 31.2 Å². The molecule has 0 aliphatic heterocycles. The lowest BCUT2D eigenvalue weighted by Crippen LogP contribution is -2.24. The van der Waals surface area contributed by atoms with Gasteiger partial charge in [-0.25, -0.2) is 4.98 Å². The van der Waals surface area contributed by atoms with Gasteiger partial charge in [0.2, 0.25) is 0 Å². The molecular weight excluding hydrogens is 394 g/mol. The summed E-state index contributed by atoms with van der Waals surface area (Å²) in [7, 11) is 0. The normalized spacial score (nSPS) is 10.9. The molecule has 0 saturated carbocycles. The Morgan fingerprint density at radius 3 is 2.64 bits per heavy atom. The van der Waals surface area contributed by atoms with Crippen molar-refractivity contribution in [3.8, 4) is 0 Å². The Hall–Kier alpha value is -3.10. The van der Waals surface area contributed by atoms with E-state index in [9.17, 15) is 14.4 Å². The van der Waals surface area contributed by atoms with Crippen molar-refractivity contribution in [2.45, 2.75) is 13.5 Å². The smallest absolute Gasteiger partial charge is 0.266 e. The number of anilines is 1. The topological polar surface area (TPSA) is 81.1 Å². The highest BCUT2D eigenvalue weighted by atomic mass is 32.1. The molecule has 3 aromatic heterocycles. The number of amides is 1. The Balaban J connectivity index is 1.67. The highest BCUT2D eigenvalue weighted by Crippen LogP contribution is 2.27. The minimum atomic E-state index is -0.317. The zero-order valence-electron chi connectivity index (χ0n) is 14.8. The van der Waals surface area contributed by atoms with Crippen molar-refractivity contribution in [2.75, 3.05) is 5.32 Å². The molecule has 1 amide bonds. The molecule has 0 spiro atoms. The molecule has 3 heterocycles. The van der Waals surface area contributed by atoms with Gasteiger partial charge in [-0.1, -0.05) is 24.3 Å². The number of aromatic nitrogens is 2. The largest absolute Gasteiger partial charge is 0.321 e. The molecule has 0 fully saturated rings. The maximum absolute atomic E-state index is 12.9. The number of carbonyl (C=O) groups excluding carboxylic acids is 2. The molecule has 8 heteroatoms. The molecule has 4 aromatic rings. The first kappa shape index (κ1) is 18.3. The maximum Gasteiger partial charge on any atom is 0.266 e. The van der Waals surface area contributed by atoms with Crippen LogP contribution < -0.4 is 10.9 Å². The van der Waals surface area contributed by atoms with E-state index in [2.05, 4.69) is 10.3 Å². The first-order valence-corrected chi connectivity index (χ1v) is 10.2. The van der Waals surface area contributed by atoms with Crippen LogP contribution in [0.15, 0.2) is 59.0 Å². The molecule has 0 saturated heterocycles. The van der Waals surface area contributed by atoms with Crippen LogP contribution in [0.25, 0.3) is 10.2 Å². The van der Waals surface area contributed by atoms with E-state index >= 15 is 0 Å². The van der Waals surface area contributed by atoms with Crippen LogP contribution in [0.2, 0.25) is 0 Å². The maximum atomic E-state index is 12.9. The molecule has 6 nitrogen and oxygen atoms in total. The van der Waals surface area contributed by atoms with E-state index in [1.807, 2.05) is 23.6 Å². The van der Waals surface area contributed by atoms with Crippen LogP contribution in [0.5, 0.6) is 0 Å². The predicted molar refractivity (Wildman–Crippen MR) is 112 cm³/mol. The Morgan fingerprint density at radius 1 is 1.14 bits per heavy atom. The van der Waals surface area contributed by atoms with Gasteiger partial charge in [-0.05, 0) is 36.1 Å². The number of benzene rings is 1. The van der Waals surface area contributed by atoms with Crippen molar-refractivity contribution < 1.29 is 9.59 Å². The highest BCUT2D eigenvalue weighted by molar-refractivity contribution is 7.20. The molecule has 0 aliphatic rings. The molecule has 0 aliphatic carbocycles. The van der Waals surface area contributed by atoms with Gasteiger partial charge in [-0.3, -0.25) is 19.0 Å². The number of nitrogens with zero attached hydrogens (tertiary/aromatic N) is 2. The first-order chi connectivity index (χ1) is 13.5. The summed E-state index contributed by atoms with van der Waals surface area (Å²) in [5, 5.41) is 5.02. The van der Waals surface area contributed by atoms with Crippen molar-refractivity contribution in [1.82, 2.24) is 9.55 Å². The molecule has 140 valence electrons. The second kappa shape index (κ2) is 7.49. The Morgan fingerprint density at radius 2 is 1.93 bits per heavy atom. The summed E-state index contributed by atoms with van der Waals surface area (Å²) >= 11 is 2.51. The average molecular weight is 409 g/mol. The van der Waals surface area contributed by atoms with E-state index in [4.69, 9.17) is 0 Å². The lowest BCUT2D eigenvalue weighted by atomic mass is 10.2. The number of Topliss-reactive ketones (excluding diaryl/α,β-unsaturated/α-hetero) is 1. The van der Waals surface area contributed by atoms with Crippen LogP contribution in [0, 0.1) is 6.92 Å². The number of para-hydroxylation sites is 1. The monoisotopic (exact) mass is 409 g/mol. The van der Waals surface area contributed by atoms with Crippen LogP contribution in [-0.2, 0) is 6.54 Å². The van der Waals surface area contributed by atoms with Gasteiger partial charge in [0.15, 0.2) is 5.78 Å². The fourth-order valence-corrected chi connectivity index (χ4v) is 4.56. The van der Waals surface area contributed by atoms with Crippen molar-refractivity contribution in [3.05, 3.63) is 79.8 Å². The first-order valence-electron chi connectivity index (χ1n) is 8.46. The van der Waals surface area contributed by atoms with E-state index in [0.717, 1.165) is 0 Å². The number of thiophene rings is 2. The van der Waals surface area contributed by atoms with Crippen molar-refractivity contribution >= 4 is 50.3 Å². The standard InChI is InChI=1S/C20H15N3O3S2/c1-12-16-19(28-17(12)18(25)22-13-6-3-2-4-7-13)21-11-23(20(16)26)10-14(24)15-8-5-9-27-15/h2-9,11H,10H2,1H3,(H,22,25). The van der Waals surface area contributed by atoms with Crippen LogP contribution in [0.1, 0.15) is 24.9 Å². The number of rotatable bonds is 5. The zero-order valence-corrected chi connectivity index (χ0v) is 16.5. The predicted octanol–water partition coefficient (Wildman–Crippen LogP) is 3.96. The van der Waals surface area contributed by atoms with Crippen molar-refractivity contribution in [3.63, 3.8) is 0 Å². The van der Waals surface area contributed by atoms with Gasteiger partial charge >= 0.3 is 0 Å². The summed E-state index contributed by atoms with van der Waals surface area (Å²) < 4.78 is 1.29. The number of carbonyl (C=O) groups is 2. The number of hydrogen-bond donors (Lipinski definition) is 1. The van der Waals surface area contributed by atoms with E-state index < -0.39 is 0 Å². The minimum absolute atomic E-state index is 0.0802. The Kier molecular flexibility index (Phi) is 4.89. The van der Waals surface area contributed by atoms with Gasteiger partial charge in [-0.15, -0.1) is 22.7 Å². The molecule has 0 bridgehead atoms. The zero-order chi connectivity index (χ0) is 19.7. The van der Waals surface area contributed by atoms with Crippen LogP contribution in [0.4, 0.5) is 5.69 Å². The van der Waals surface area contributed by atoms with Crippen LogP contribution in [-0.4, -0.2) is 21.2 Å². The minimum Gasteiger partial charge on any atom is -0.321 e. The third kappa shape index (κ3) is 3.39. The van der Waals surface area contributed by atoms with Gasteiger partial charge < -0.3 is 5.32 Å². The second-order valence-electron chi connectivity index (χ2n) is 6.13. The van der Waals surface area contributed by atoms with Crippen molar-refractivity contribution in [1.29, 1.82) is 0 Å². The highest BCUT2D eigenvalue weighted by Gasteiger charge is 2.20. The molecule has 1 aromatic carbocycles. The Labute approximate surface area is 168 Å². The summed E-state index contributed by atoms with van der Waals surface area (Å²) in [5.74, 6) is -0.430. The van der Waals surface area contributed by atoms with Crippen LogP contribution >= 0.6 is 22.7 Å². The quantitative estimate of drug-likeness (QED) is 0.506. The van der Waals surface area contributed by atoms with Gasteiger partial charge in [0, 0.05) is 5.69 Å². The number of nitrogens with one attached hydrogen (secondary N) is 1. The average Bonchev–Trinajstić information content (AvgIpc) is 3.33. The summed E-state index contributed by atoms with van der Waals surface area (Å²) in [4.78, 5) is 43.7. The van der Waals surface area contributed by atoms with Gasteiger partial charge in [0.1, 0.15) is 4.83 Å². The number of hydrogen-bond acceptors (Lipinski definition) is 6. The fourth-order valence-electron chi connectivity index (χ4n) is 2.87. The molecule has 0 unspecified atom stereocenters.